The number of ketones is 1. The second-order valence-corrected chi connectivity index (χ2v) is 15.1. The lowest BCUT2D eigenvalue weighted by Gasteiger charge is -2.50. The molecule has 0 amide bonds. The zero-order valence-electron chi connectivity index (χ0n) is 31.5. The van der Waals surface area contributed by atoms with Crippen LogP contribution >= 0.6 is 0 Å². The highest BCUT2D eigenvalue weighted by Gasteiger charge is 2.64. The Balaban J connectivity index is 1.85. The van der Waals surface area contributed by atoms with Crippen LogP contribution in [-0.4, -0.2) is 87.6 Å². The molecule has 2 aliphatic rings. The molecule has 4 rings (SSSR count). The van der Waals surface area contributed by atoms with Gasteiger partial charge < -0.3 is 43.0 Å². The average molecular weight is 715 g/mol. The molecule has 1 saturated carbocycles. The maximum Gasteiger partial charge on any atom is 0.311 e. The van der Waals surface area contributed by atoms with Gasteiger partial charge in [-0.15, -0.1) is 0 Å². The Morgan fingerprint density at radius 2 is 1.35 bits per heavy atom. The first-order valence-electron chi connectivity index (χ1n) is 17.4. The summed E-state index contributed by atoms with van der Waals surface area (Å²) in [6.45, 7) is 13.1. The molecule has 282 valence electrons. The number of esters is 2. The summed E-state index contributed by atoms with van der Waals surface area (Å²) in [6.07, 6.45) is -3.40. The molecule has 1 saturated heterocycles. The summed E-state index contributed by atoms with van der Waals surface area (Å²) in [5.74, 6) is -3.90. The Hall–Kier alpha value is -3.55. The SMILES string of the molecule is CCOC(C)O[C@@H]1CC(=O)[C@H](COC(=O)C(C)(C)C)[C@H](COC(=O)C(C)(C)C)[C@]1(O)[C@@H]1COC(c2ccc(OC)cc2)(c2ccc(OC)cc2)O1. The van der Waals surface area contributed by atoms with Gasteiger partial charge in [0.05, 0.1) is 50.3 Å². The van der Waals surface area contributed by atoms with E-state index in [4.69, 9.17) is 37.9 Å². The van der Waals surface area contributed by atoms with Crippen LogP contribution in [0.2, 0.25) is 0 Å². The standard InChI is InChI=1S/C39H54O12/c1-11-46-24(2)50-32-20-31(40)29(21-47-34(41)36(3,4)5)30(22-48-35(42)37(6,7)8)38(32,43)33-23-49-39(51-33,25-12-16-27(44-9)17-13-25)26-14-18-28(45-10)19-15-26/h12-19,24,29-30,32-33,43H,11,20-23H2,1-10H3/t24?,29-,30+,32-,33+,38-/m1/s1. The number of benzene rings is 2. The van der Waals surface area contributed by atoms with Gasteiger partial charge in [0.2, 0.25) is 5.79 Å². The Labute approximate surface area is 301 Å². The number of Topliss-reactive ketones (excluding diaryl/α,β-unsaturated/α-hetero) is 1. The van der Waals surface area contributed by atoms with E-state index in [2.05, 4.69) is 0 Å². The third-order valence-electron chi connectivity index (χ3n) is 9.37. The second-order valence-electron chi connectivity index (χ2n) is 15.1. The number of carbonyl (C=O) groups is 3. The fraction of sp³-hybridized carbons (Fsp3) is 0.615. The van der Waals surface area contributed by atoms with Crippen molar-refractivity contribution in [3.8, 4) is 11.5 Å². The Morgan fingerprint density at radius 3 is 1.80 bits per heavy atom. The summed E-state index contributed by atoms with van der Waals surface area (Å²) in [4.78, 5) is 40.1. The largest absolute Gasteiger partial charge is 0.497 e. The van der Waals surface area contributed by atoms with Crippen molar-refractivity contribution in [3.05, 3.63) is 59.7 Å². The van der Waals surface area contributed by atoms with Crippen molar-refractivity contribution < 1.29 is 57.4 Å². The fourth-order valence-corrected chi connectivity index (χ4v) is 6.39. The van der Waals surface area contributed by atoms with Crippen LogP contribution < -0.4 is 9.47 Å². The van der Waals surface area contributed by atoms with Gasteiger partial charge in [-0.1, -0.05) is 0 Å². The van der Waals surface area contributed by atoms with Crippen LogP contribution in [0.25, 0.3) is 0 Å². The molecule has 6 atom stereocenters. The van der Waals surface area contributed by atoms with E-state index < -0.39 is 71.1 Å². The summed E-state index contributed by atoms with van der Waals surface area (Å²) in [5.41, 5.74) is -2.54. The predicted molar refractivity (Wildman–Crippen MR) is 186 cm³/mol. The molecule has 2 aromatic carbocycles. The molecule has 12 heteroatoms. The number of methoxy groups -OCH3 is 2. The first-order chi connectivity index (χ1) is 23.9. The third-order valence-corrected chi connectivity index (χ3v) is 9.37. The first kappa shape index (κ1) is 40.2. The van der Waals surface area contributed by atoms with Gasteiger partial charge in [0.1, 0.15) is 35.6 Å². The van der Waals surface area contributed by atoms with Gasteiger partial charge in [-0.3, -0.25) is 14.4 Å². The van der Waals surface area contributed by atoms with E-state index in [9.17, 15) is 19.5 Å². The third kappa shape index (κ3) is 8.74. The molecular weight excluding hydrogens is 660 g/mol. The minimum Gasteiger partial charge on any atom is -0.497 e. The summed E-state index contributed by atoms with van der Waals surface area (Å²) >= 11 is 0. The summed E-state index contributed by atoms with van der Waals surface area (Å²) < 4.78 is 47.8. The molecule has 1 aliphatic carbocycles. The Morgan fingerprint density at radius 1 is 0.863 bits per heavy atom. The van der Waals surface area contributed by atoms with Crippen LogP contribution in [0, 0.1) is 22.7 Å². The van der Waals surface area contributed by atoms with Crippen LogP contribution in [0.15, 0.2) is 48.5 Å². The molecule has 1 heterocycles. The van der Waals surface area contributed by atoms with Gasteiger partial charge in [0, 0.05) is 30.1 Å². The molecule has 51 heavy (non-hydrogen) atoms. The molecular formula is C39H54O12. The molecule has 2 fully saturated rings. The highest BCUT2D eigenvalue weighted by Crippen LogP contribution is 2.50. The molecule has 1 N–H and O–H groups in total. The predicted octanol–water partition coefficient (Wildman–Crippen LogP) is 5.20. The Bertz CT molecular complexity index is 1440. The number of rotatable bonds is 13. The molecule has 0 bridgehead atoms. The maximum atomic E-state index is 14.0. The van der Waals surface area contributed by atoms with Gasteiger partial charge in [-0.2, -0.15) is 0 Å². The van der Waals surface area contributed by atoms with Gasteiger partial charge in [0.25, 0.3) is 0 Å². The normalized spacial score (nSPS) is 25.6. The van der Waals surface area contributed by atoms with Crippen molar-refractivity contribution in [2.45, 2.75) is 91.7 Å². The molecule has 1 aliphatic heterocycles. The van der Waals surface area contributed by atoms with Crippen molar-refractivity contribution in [2.24, 2.45) is 22.7 Å². The molecule has 0 radical (unpaired) electrons. The summed E-state index contributed by atoms with van der Waals surface area (Å²) in [5, 5.41) is 13.2. The van der Waals surface area contributed by atoms with E-state index in [-0.39, 0.29) is 25.4 Å². The number of ether oxygens (including phenoxy) is 8. The molecule has 1 unspecified atom stereocenters. The van der Waals surface area contributed by atoms with Crippen LogP contribution in [0.4, 0.5) is 0 Å². The zero-order chi connectivity index (χ0) is 37.8. The van der Waals surface area contributed by atoms with Crippen molar-refractivity contribution in [3.63, 3.8) is 0 Å². The van der Waals surface area contributed by atoms with Crippen LogP contribution in [-0.2, 0) is 48.6 Å². The van der Waals surface area contributed by atoms with E-state index >= 15 is 0 Å². The minimum absolute atomic E-state index is 0.149. The lowest BCUT2D eigenvalue weighted by Crippen LogP contribution is -2.67. The zero-order valence-corrected chi connectivity index (χ0v) is 31.5. The summed E-state index contributed by atoms with van der Waals surface area (Å²) in [6, 6.07) is 14.3. The number of carbonyl (C=O) groups excluding carboxylic acids is 3. The monoisotopic (exact) mass is 714 g/mol. The van der Waals surface area contributed by atoms with Crippen LogP contribution in [0.5, 0.6) is 11.5 Å². The topological polar surface area (TPSA) is 145 Å². The van der Waals surface area contributed by atoms with Gasteiger partial charge in [0.15, 0.2) is 6.29 Å². The molecule has 2 aromatic rings. The van der Waals surface area contributed by atoms with Gasteiger partial charge >= 0.3 is 11.9 Å². The quantitative estimate of drug-likeness (QED) is 0.215. The highest BCUT2D eigenvalue weighted by molar-refractivity contribution is 5.84. The number of hydrogen-bond acceptors (Lipinski definition) is 12. The van der Waals surface area contributed by atoms with Crippen molar-refractivity contribution in [2.75, 3.05) is 40.6 Å². The van der Waals surface area contributed by atoms with E-state index in [1.54, 1.807) is 93.9 Å². The van der Waals surface area contributed by atoms with Crippen LogP contribution in [0.1, 0.15) is 72.9 Å². The summed E-state index contributed by atoms with van der Waals surface area (Å²) in [7, 11) is 3.13. The number of hydrogen-bond donors (Lipinski definition) is 1. The van der Waals surface area contributed by atoms with Crippen LogP contribution in [0.3, 0.4) is 0 Å². The van der Waals surface area contributed by atoms with Gasteiger partial charge in [-0.05, 0) is 104 Å². The van der Waals surface area contributed by atoms with E-state index in [1.165, 1.54) is 0 Å². The average Bonchev–Trinajstić information content (AvgIpc) is 3.55. The first-order valence-corrected chi connectivity index (χ1v) is 17.4. The van der Waals surface area contributed by atoms with Crippen molar-refractivity contribution in [1.29, 1.82) is 0 Å². The van der Waals surface area contributed by atoms with Crippen molar-refractivity contribution in [1.82, 2.24) is 0 Å². The maximum absolute atomic E-state index is 14.0. The fourth-order valence-electron chi connectivity index (χ4n) is 6.39. The van der Waals surface area contributed by atoms with E-state index in [0.29, 0.717) is 29.2 Å². The molecule has 0 spiro atoms. The molecule has 12 nitrogen and oxygen atoms in total. The Kier molecular flexibility index (Phi) is 12.6. The smallest absolute Gasteiger partial charge is 0.311 e. The highest BCUT2D eigenvalue weighted by atomic mass is 16.8. The molecule has 0 aromatic heterocycles. The van der Waals surface area contributed by atoms with E-state index in [0.717, 1.165) is 0 Å². The van der Waals surface area contributed by atoms with Crippen molar-refractivity contribution >= 4 is 17.7 Å². The van der Waals surface area contributed by atoms with E-state index in [1.807, 2.05) is 24.3 Å². The number of aliphatic hydroxyl groups is 1. The minimum atomic E-state index is -2.03. The lowest BCUT2D eigenvalue weighted by molar-refractivity contribution is -0.275. The lowest BCUT2D eigenvalue weighted by atomic mass is 9.64. The second kappa shape index (κ2) is 16.0. The van der Waals surface area contributed by atoms with Gasteiger partial charge in [-0.25, -0.2) is 0 Å².